The lowest BCUT2D eigenvalue weighted by molar-refractivity contribution is 0.198. The van der Waals surface area contributed by atoms with Crippen molar-refractivity contribution in [2.75, 3.05) is 43.4 Å². The lowest BCUT2D eigenvalue weighted by atomic mass is 10.0. The third-order valence-corrected chi connectivity index (χ3v) is 6.13. The molecule has 1 saturated heterocycles. The standard InChI is InChI=1S/C18H21ClN6S/c1-12(13-3-4-14-9-15(19)11-21-16(14)10-13)24-5-7-25(8-6-24)18-23-22-17(20-2)26-18/h3-4,9-12H,5-8H2,1-2H3,(H,20,22). The maximum Gasteiger partial charge on any atom is 0.210 e. The van der Waals surface area contributed by atoms with Crippen LogP contribution < -0.4 is 10.2 Å². The number of fused-ring (bicyclic) bond motifs is 1. The zero-order valence-corrected chi connectivity index (χ0v) is 16.4. The third-order valence-electron chi connectivity index (χ3n) is 4.92. The van der Waals surface area contributed by atoms with Gasteiger partial charge >= 0.3 is 0 Å². The van der Waals surface area contributed by atoms with E-state index in [-0.39, 0.29) is 0 Å². The van der Waals surface area contributed by atoms with Gasteiger partial charge in [0.15, 0.2) is 0 Å². The Morgan fingerprint density at radius 2 is 1.96 bits per heavy atom. The summed E-state index contributed by atoms with van der Waals surface area (Å²) in [5.41, 5.74) is 2.28. The number of halogens is 1. The molecule has 1 fully saturated rings. The summed E-state index contributed by atoms with van der Waals surface area (Å²) in [6, 6.07) is 8.77. The first-order valence-corrected chi connectivity index (χ1v) is 9.89. The monoisotopic (exact) mass is 388 g/mol. The van der Waals surface area contributed by atoms with Crippen LogP contribution in [0.2, 0.25) is 5.02 Å². The maximum absolute atomic E-state index is 6.03. The van der Waals surface area contributed by atoms with E-state index in [0.29, 0.717) is 11.1 Å². The molecule has 0 spiro atoms. The summed E-state index contributed by atoms with van der Waals surface area (Å²) in [7, 11) is 1.87. The van der Waals surface area contributed by atoms with Gasteiger partial charge in [-0.1, -0.05) is 35.1 Å². The number of rotatable bonds is 4. The molecule has 1 aromatic carbocycles. The molecule has 26 heavy (non-hydrogen) atoms. The number of nitrogens with zero attached hydrogens (tertiary/aromatic N) is 5. The maximum atomic E-state index is 6.03. The van der Waals surface area contributed by atoms with Crippen molar-refractivity contribution in [1.29, 1.82) is 0 Å². The molecule has 1 aliphatic heterocycles. The van der Waals surface area contributed by atoms with E-state index >= 15 is 0 Å². The van der Waals surface area contributed by atoms with Crippen molar-refractivity contribution in [3.8, 4) is 0 Å². The van der Waals surface area contributed by atoms with Crippen molar-refractivity contribution < 1.29 is 0 Å². The Hall–Kier alpha value is -1.96. The fourth-order valence-electron chi connectivity index (χ4n) is 3.33. The van der Waals surface area contributed by atoms with Crippen molar-refractivity contribution in [3.05, 3.63) is 41.0 Å². The predicted molar refractivity (Wildman–Crippen MR) is 108 cm³/mol. The summed E-state index contributed by atoms with van der Waals surface area (Å²) in [5, 5.41) is 15.1. The predicted octanol–water partition coefficient (Wildman–Crippen LogP) is 3.66. The number of piperazine rings is 1. The highest BCUT2D eigenvalue weighted by Gasteiger charge is 2.24. The second kappa shape index (κ2) is 7.34. The van der Waals surface area contributed by atoms with Crippen LogP contribution in [0.1, 0.15) is 18.5 Å². The molecule has 8 heteroatoms. The Morgan fingerprint density at radius 1 is 1.15 bits per heavy atom. The molecule has 0 bridgehead atoms. The second-order valence-electron chi connectivity index (χ2n) is 6.44. The Kier molecular flexibility index (Phi) is 4.93. The van der Waals surface area contributed by atoms with Gasteiger partial charge in [-0.05, 0) is 24.6 Å². The Balaban J connectivity index is 1.44. The van der Waals surface area contributed by atoms with Crippen LogP contribution in [0.25, 0.3) is 10.9 Å². The largest absolute Gasteiger partial charge is 0.363 e. The van der Waals surface area contributed by atoms with E-state index in [0.717, 1.165) is 47.3 Å². The quantitative estimate of drug-likeness (QED) is 0.736. The highest BCUT2D eigenvalue weighted by atomic mass is 35.5. The molecule has 3 heterocycles. The molecule has 6 nitrogen and oxygen atoms in total. The van der Waals surface area contributed by atoms with E-state index in [9.17, 15) is 0 Å². The Labute approximate surface area is 161 Å². The zero-order valence-electron chi connectivity index (χ0n) is 14.8. The van der Waals surface area contributed by atoms with Gasteiger partial charge in [0.05, 0.1) is 10.5 Å². The van der Waals surface area contributed by atoms with Crippen molar-refractivity contribution in [1.82, 2.24) is 20.1 Å². The van der Waals surface area contributed by atoms with Crippen molar-refractivity contribution >= 4 is 44.1 Å². The van der Waals surface area contributed by atoms with Crippen LogP contribution in [0.4, 0.5) is 10.3 Å². The Morgan fingerprint density at radius 3 is 2.69 bits per heavy atom. The molecule has 2 aromatic heterocycles. The lowest BCUT2D eigenvalue weighted by Crippen LogP contribution is -2.47. The molecule has 1 aliphatic rings. The number of nitrogens with one attached hydrogen (secondary N) is 1. The smallest absolute Gasteiger partial charge is 0.210 e. The van der Waals surface area contributed by atoms with E-state index < -0.39 is 0 Å². The summed E-state index contributed by atoms with van der Waals surface area (Å²) >= 11 is 7.63. The van der Waals surface area contributed by atoms with E-state index in [4.69, 9.17) is 11.6 Å². The molecule has 0 saturated carbocycles. The van der Waals surface area contributed by atoms with Crippen LogP contribution in [-0.4, -0.2) is 53.3 Å². The first kappa shape index (κ1) is 17.5. The minimum Gasteiger partial charge on any atom is -0.363 e. The van der Waals surface area contributed by atoms with Crippen LogP contribution in [-0.2, 0) is 0 Å². The molecule has 4 rings (SSSR count). The fraction of sp³-hybridized carbons (Fsp3) is 0.389. The summed E-state index contributed by atoms with van der Waals surface area (Å²) in [5.74, 6) is 0. The minimum absolute atomic E-state index is 0.348. The van der Waals surface area contributed by atoms with Gasteiger partial charge in [-0.15, -0.1) is 10.2 Å². The van der Waals surface area contributed by atoms with Gasteiger partial charge in [0.2, 0.25) is 10.3 Å². The van der Waals surface area contributed by atoms with Gasteiger partial charge in [0.1, 0.15) is 0 Å². The SMILES string of the molecule is CNc1nnc(N2CCN(C(C)c3ccc4cc(Cl)cnc4c3)CC2)s1. The van der Waals surface area contributed by atoms with Crippen molar-refractivity contribution in [3.63, 3.8) is 0 Å². The summed E-state index contributed by atoms with van der Waals surface area (Å²) in [4.78, 5) is 9.27. The van der Waals surface area contributed by atoms with E-state index in [2.05, 4.69) is 55.4 Å². The molecule has 1 unspecified atom stereocenters. The number of hydrogen-bond donors (Lipinski definition) is 1. The number of aromatic nitrogens is 3. The molecular weight excluding hydrogens is 368 g/mol. The molecule has 136 valence electrons. The number of hydrogen-bond acceptors (Lipinski definition) is 7. The molecule has 3 aromatic rings. The topological polar surface area (TPSA) is 57.2 Å². The number of pyridine rings is 1. The molecule has 0 radical (unpaired) electrons. The summed E-state index contributed by atoms with van der Waals surface area (Å²) < 4.78 is 0. The molecular formula is C18H21ClN6S. The molecule has 0 aliphatic carbocycles. The van der Waals surface area contributed by atoms with Crippen LogP contribution in [0.5, 0.6) is 0 Å². The normalized spacial score (nSPS) is 16.8. The molecule has 1 N–H and O–H groups in total. The average Bonchev–Trinajstić information content (AvgIpc) is 3.16. The van der Waals surface area contributed by atoms with Crippen LogP contribution in [0.15, 0.2) is 30.5 Å². The Bertz CT molecular complexity index is 906. The van der Waals surface area contributed by atoms with Crippen LogP contribution in [0.3, 0.4) is 0 Å². The molecule has 1 atom stereocenters. The average molecular weight is 389 g/mol. The van der Waals surface area contributed by atoms with Crippen LogP contribution >= 0.6 is 22.9 Å². The van der Waals surface area contributed by atoms with Gasteiger partial charge in [-0.2, -0.15) is 0 Å². The van der Waals surface area contributed by atoms with Gasteiger partial charge < -0.3 is 10.2 Å². The van der Waals surface area contributed by atoms with Gasteiger partial charge in [0.25, 0.3) is 0 Å². The van der Waals surface area contributed by atoms with E-state index in [1.165, 1.54) is 5.56 Å². The number of benzene rings is 1. The lowest BCUT2D eigenvalue weighted by Gasteiger charge is -2.38. The van der Waals surface area contributed by atoms with Gasteiger partial charge in [0, 0.05) is 50.9 Å². The summed E-state index contributed by atoms with van der Waals surface area (Å²) in [6.45, 7) is 6.19. The first-order chi connectivity index (χ1) is 12.6. The second-order valence-corrected chi connectivity index (χ2v) is 7.84. The third kappa shape index (κ3) is 3.47. The van der Waals surface area contributed by atoms with Crippen molar-refractivity contribution in [2.24, 2.45) is 0 Å². The fourth-order valence-corrected chi connectivity index (χ4v) is 4.24. The highest BCUT2D eigenvalue weighted by Crippen LogP contribution is 2.28. The number of anilines is 2. The van der Waals surface area contributed by atoms with E-state index in [1.807, 2.05) is 13.1 Å². The zero-order chi connectivity index (χ0) is 18.1. The van der Waals surface area contributed by atoms with Crippen LogP contribution in [0, 0.1) is 0 Å². The van der Waals surface area contributed by atoms with Gasteiger partial charge in [-0.3, -0.25) is 9.88 Å². The van der Waals surface area contributed by atoms with Gasteiger partial charge in [-0.25, -0.2) is 0 Å². The minimum atomic E-state index is 0.348. The highest BCUT2D eigenvalue weighted by molar-refractivity contribution is 7.19. The molecule has 0 amide bonds. The van der Waals surface area contributed by atoms with E-state index in [1.54, 1.807) is 17.5 Å². The summed E-state index contributed by atoms with van der Waals surface area (Å²) in [6.07, 6.45) is 1.71. The van der Waals surface area contributed by atoms with Crippen molar-refractivity contribution in [2.45, 2.75) is 13.0 Å². The first-order valence-electron chi connectivity index (χ1n) is 8.69.